The van der Waals surface area contributed by atoms with Crippen molar-refractivity contribution in [2.45, 2.75) is 18.2 Å². The van der Waals surface area contributed by atoms with Crippen molar-refractivity contribution in [3.8, 4) is 5.75 Å². The van der Waals surface area contributed by atoms with E-state index in [4.69, 9.17) is 4.74 Å². The van der Waals surface area contributed by atoms with Crippen LogP contribution in [-0.2, 0) is 10.0 Å². The van der Waals surface area contributed by atoms with Gasteiger partial charge >= 0.3 is 0 Å². The number of hydrogen-bond acceptors (Lipinski definition) is 7. The van der Waals surface area contributed by atoms with E-state index in [9.17, 15) is 13.2 Å². The highest BCUT2D eigenvalue weighted by atomic mass is 32.2. The van der Waals surface area contributed by atoms with E-state index in [2.05, 4.69) is 20.2 Å². The molecule has 0 unspecified atom stereocenters. The molecule has 0 aliphatic carbocycles. The lowest BCUT2D eigenvalue weighted by Gasteiger charge is -2.10. The van der Waals surface area contributed by atoms with Gasteiger partial charge in [0.1, 0.15) is 12.4 Å². The average Bonchev–Trinajstić information content (AvgIpc) is 3.17. The summed E-state index contributed by atoms with van der Waals surface area (Å²) in [5, 5.41) is 10.0. The van der Waals surface area contributed by atoms with Gasteiger partial charge in [-0.3, -0.25) is 10.1 Å². The predicted molar refractivity (Wildman–Crippen MR) is 111 cm³/mol. The molecule has 8 nitrogen and oxygen atoms in total. The number of anilines is 1. The van der Waals surface area contributed by atoms with E-state index in [0.29, 0.717) is 11.3 Å². The SMILES string of the molecule is Cc1ccc(OCCNS(=O)(=O)c2nnc(NC(=O)c3ccccc3)s2)c(C)c1. The summed E-state index contributed by atoms with van der Waals surface area (Å²) in [4.78, 5) is 12.1. The van der Waals surface area contributed by atoms with Crippen molar-refractivity contribution in [2.24, 2.45) is 0 Å². The van der Waals surface area contributed by atoms with Gasteiger partial charge < -0.3 is 4.74 Å². The molecule has 3 aromatic rings. The third-order valence-corrected chi connectivity index (χ3v) is 6.54. The molecule has 0 saturated heterocycles. The van der Waals surface area contributed by atoms with E-state index in [1.54, 1.807) is 30.3 Å². The molecule has 0 spiro atoms. The molecule has 1 amide bonds. The Labute approximate surface area is 173 Å². The Morgan fingerprint density at radius 3 is 2.59 bits per heavy atom. The molecule has 10 heteroatoms. The number of benzene rings is 2. The second-order valence-electron chi connectivity index (χ2n) is 6.21. The number of amides is 1. The van der Waals surface area contributed by atoms with Gasteiger partial charge in [-0.15, -0.1) is 10.2 Å². The monoisotopic (exact) mass is 432 g/mol. The van der Waals surface area contributed by atoms with E-state index in [1.165, 1.54) is 0 Å². The molecule has 0 fully saturated rings. The normalized spacial score (nSPS) is 11.2. The van der Waals surface area contributed by atoms with Gasteiger partial charge in [0.2, 0.25) is 9.47 Å². The van der Waals surface area contributed by atoms with Crippen LogP contribution in [0.15, 0.2) is 52.9 Å². The van der Waals surface area contributed by atoms with Crippen LogP contribution in [0.1, 0.15) is 21.5 Å². The van der Waals surface area contributed by atoms with Crippen molar-refractivity contribution in [3.63, 3.8) is 0 Å². The summed E-state index contributed by atoms with van der Waals surface area (Å²) >= 11 is 0.776. The van der Waals surface area contributed by atoms with E-state index in [0.717, 1.165) is 22.5 Å². The first kappa shape index (κ1) is 20.9. The highest BCUT2D eigenvalue weighted by molar-refractivity contribution is 7.91. The Bertz CT molecular complexity index is 1100. The summed E-state index contributed by atoms with van der Waals surface area (Å²) in [5.74, 6) is 0.317. The molecule has 0 bridgehead atoms. The molecule has 0 saturated carbocycles. The van der Waals surface area contributed by atoms with Gasteiger partial charge in [0.15, 0.2) is 0 Å². The van der Waals surface area contributed by atoms with Crippen LogP contribution in [0.4, 0.5) is 5.13 Å². The van der Waals surface area contributed by atoms with Crippen molar-refractivity contribution < 1.29 is 17.9 Å². The number of aryl methyl sites for hydroxylation is 2. The molecule has 152 valence electrons. The van der Waals surface area contributed by atoms with Gasteiger partial charge in [0, 0.05) is 12.1 Å². The van der Waals surface area contributed by atoms with Crippen LogP contribution in [0.3, 0.4) is 0 Å². The number of sulfonamides is 1. The summed E-state index contributed by atoms with van der Waals surface area (Å²) in [6, 6.07) is 14.3. The third-order valence-electron chi connectivity index (χ3n) is 3.87. The Morgan fingerprint density at radius 2 is 1.86 bits per heavy atom. The van der Waals surface area contributed by atoms with Crippen molar-refractivity contribution in [1.29, 1.82) is 0 Å². The lowest BCUT2D eigenvalue weighted by Crippen LogP contribution is -2.28. The predicted octanol–water partition coefficient (Wildman–Crippen LogP) is 2.76. The zero-order valence-electron chi connectivity index (χ0n) is 15.9. The summed E-state index contributed by atoms with van der Waals surface area (Å²) in [6.07, 6.45) is 0. The molecule has 0 aliphatic heterocycles. The van der Waals surface area contributed by atoms with Crippen molar-refractivity contribution in [1.82, 2.24) is 14.9 Å². The Kier molecular flexibility index (Phi) is 6.57. The fourth-order valence-electron chi connectivity index (χ4n) is 2.49. The summed E-state index contributed by atoms with van der Waals surface area (Å²) in [7, 11) is -3.85. The number of nitrogens with one attached hydrogen (secondary N) is 2. The minimum atomic E-state index is -3.85. The molecule has 1 aromatic heterocycles. The smallest absolute Gasteiger partial charge is 0.269 e. The van der Waals surface area contributed by atoms with Crippen molar-refractivity contribution in [3.05, 3.63) is 65.2 Å². The fraction of sp³-hybridized carbons (Fsp3) is 0.211. The minimum Gasteiger partial charge on any atom is -0.492 e. The number of hydrogen-bond donors (Lipinski definition) is 2. The van der Waals surface area contributed by atoms with E-state index in [1.807, 2.05) is 32.0 Å². The first-order valence-electron chi connectivity index (χ1n) is 8.75. The van der Waals surface area contributed by atoms with Gasteiger partial charge in [0.05, 0.1) is 0 Å². The van der Waals surface area contributed by atoms with Crippen molar-refractivity contribution in [2.75, 3.05) is 18.5 Å². The summed E-state index contributed by atoms with van der Waals surface area (Å²) < 4.78 is 32.5. The molecule has 2 N–H and O–H groups in total. The maximum absolute atomic E-state index is 12.4. The van der Waals surface area contributed by atoms with Crippen LogP contribution >= 0.6 is 11.3 Å². The first-order chi connectivity index (χ1) is 13.8. The second-order valence-corrected chi connectivity index (χ2v) is 9.13. The third kappa shape index (κ3) is 5.59. The highest BCUT2D eigenvalue weighted by Gasteiger charge is 2.20. The van der Waals surface area contributed by atoms with Crippen LogP contribution in [-0.4, -0.2) is 37.7 Å². The standard InChI is InChI=1S/C19H20N4O4S2/c1-13-8-9-16(14(2)12-13)27-11-10-20-29(25,26)19-23-22-18(28-19)21-17(24)15-6-4-3-5-7-15/h3-9,12,20H,10-11H2,1-2H3,(H,21,22,24). The first-order valence-corrected chi connectivity index (χ1v) is 11.0. The minimum absolute atomic E-state index is 0.0704. The quantitative estimate of drug-likeness (QED) is 0.418. The maximum Gasteiger partial charge on any atom is 0.269 e. The molecular weight excluding hydrogens is 412 g/mol. The molecule has 2 aromatic carbocycles. The van der Waals surface area contributed by atoms with E-state index >= 15 is 0 Å². The maximum atomic E-state index is 12.4. The molecule has 0 radical (unpaired) electrons. The van der Waals surface area contributed by atoms with Crippen LogP contribution in [0.25, 0.3) is 0 Å². The molecular formula is C19H20N4O4S2. The highest BCUT2D eigenvalue weighted by Crippen LogP contribution is 2.21. The summed E-state index contributed by atoms with van der Waals surface area (Å²) in [5.41, 5.74) is 2.55. The molecule has 0 atom stereocenters. The number of aromatic nitrogens is 2. The summed E-state index contributed by atoms with van der Waals surface area (Å²) in [6.45, 7) is 4.16. The number of ether oxygens (including phenoxy) is 1. The Balaban J connectivity index is 1.54. The molecule has 3 rings (SSSR count). The van der Waals surface area contributed by atoms with E-state index < -0.39 is 10.0 Å². The average molecular weight is 433 g/mol. The molecule has 0 aliphatic rings. The lowest BCUT2D eigenvalue weighted by atomic mass is 10.1. The van der Waals surface area contributed by atoms with Crippen molar-refractivity contribution >= 4 is 32.4 Å². The van der Waals surface area contributed by atoms with Gasteiger partial charge in [-0.05, 0) is 37.6 Å². The second kappa shape index (κ2) is 9.12. The van der Waals surface area contributed by atoms with Crippen LogP contribution in [0.5, 0.6) is 5.75 Å². The van der Waals surface area contributed by atoms with Crippen LogP contribution in [0, 0.1) is 13.8 Å². The van der Waals surface area contributed by atoms with Crippen LogP contribution in [0.2, 0.25) is 0 Å². The number of rotatable bonds is 8. The van der Waals surface area contributed by atoms with E-state index in [-0.39, 0.29) is 28.5 Å². The largest absolute Gasteiger partial charge is 0.492 e. The van der Waals surface area contributed by atoms with Gasteiger partial charge in [-0.2, -0.15) is 0 Å². The zero-order chi connectivity index (χ0) is 20.9. The van der Waals surface area contributed by atoms with Gasteiger partial charge in [-0.1, -0.05) is 47.2 Å². The number of carbonyl (C=O) groups excluding carboxylic acids is 1. The number of nitrogens with zero attached hydrogens (tertiary/aromatic N) is 2. The van der Waals surface area contributed by atoms with Gasteiger partial charge in [0.25, 0.3) is 15.9 Å². The number of carbonyl (C=O) groups is 1. The molecule has 29 heavy (non-hydrogen) atoms. The van der Waals surface area contributed by atoms with Gasteiger partial charge in [-0.25, -0.2) is 13.1 Å². The fourth-order valence-corrected chi connectivity index (χ4v) is 4.44. The molecule has 1 heterocycles. The topological polar surface area (TPSA) is 110 Å². The zero-order valence-corrected chi connectivity index (χ0v) is 17.5. The Hall–Kier alpha value is -2.82. The lowest BCUT2D eigenvalue weighted by molar-refractivity contribution is 0.102. The van der Waals surface area contributed by atoms with Crippen LogP contribution < -0.4 is 14.8 Å². The Morgan fingerprint density at radius 1 is 1.10 bits per heavy atom.